The van der Waals surface area contributed by atoms with E-state index in [0.717, 1.165) is 31.1 Å². The standard InChI is InChI=1S/C13H22N4/c1-3-12-10-17(8-7-16(12)2)13-6-4-5-11(9-14)15-13/h4-6,12H,3,7-10,14H2,1-2H3. The molecule has 1 saturated heterocycles. The van der Waals surface area contributed by atoms with E-state index in [-0.39, 0.29) is 0 Å². The van der Waals surface area contributed by atoms with Gasteiger partial charge >= 0.3 is 0 Å². The predicted octanol–water partition coefficient (Wildman–Crippen LogP) is 1.07. The van der Waals surface area contributed by atoms with Crippen molar-refractivity contribution in [2.24, 2.45) is 5.73 Å². The highest BCUT2D eigenvalue weighted by molar-refractivity contribution is 5.40. The molecule has 0 saturated carbocycles. The lowest BCUT2D eigenvalue weighted by atomic mass is 10.1. The molecule has 4 heteroatoms. The van der Waals surface area contributed by atoms with E-state index in [1.54, 1.807) is 0 Å². The molecule has 17 heavy (non-hydrogen) atoms. The van der Waals surface area contributed by atoms with Crippen LogP contribution in [0, 0.1) is 0 Å². The largest absolute Gasteiger partial charge is 0.354 e. The first-order valence-corrected chi connectivity index (χ1v) is 6.35. The van der Waals surface area contributed by atoms with Gasteiger partial charge in [-0.3, -0.25) is 4.90 Å². The predicted molar refractivity (Wildman–Crippen MR) is 71.1 cm³/mol. The summed E-state index contributed by atoms with van der Waals surface area (Å²) in [5, 5.41) is 0. The zero-order chi connectivity index (χ0) is 12.3. The number of rotatable bonds is 3. The monoisotopic (exact) mass is 234 g/mol. The number of likely N-dealkylation sites (N-methyl/N-ethyl adjacent to an activating group) is 1. The van der Waals surface area contributed by atoms with Crippen molar-refractivity contribution in [3.63, 3.8) is 0 Å². The van der Waals surface area contributed by atoms with Crippen LogP contribution in [-0.2, 0) is 6.54 Å². The second-order valence-corrected chi connectivity index (χ2v) is 4.68. The van der Waals surface area contributed by atoms with Gasteiger partial charge in [-0.1, -0.05) is 13.0 Å². The van der Waals surface area contributed by atoms with Gasteiger partial charge in [-0.2, -0.15) is 0 Å². The Balaban J connectivity index is 2.11. The van der Waals surface area contributed by atoms with Crippen molar-refractivity contribution in [2.45, 2.75) is 25.9 Å². The quantitative estimate of drug-likeness (QED) is 0.850. The van der Waals surface area contributed by atoms with Crippen LogP contribution in [0.2, 0.25) is 0 Å². The van der Waals surface area contributed by atoms with Crippen molar-refractivity contribution >= 4 is 5.82 Å². The SMILES string of the molecule is CCC1CN(c2cccc(CN)n2)CCN1C. The first-order chi connectivity index (χ1) is 8.24. The minimum atomic E-state index is 0.513. The van der Waals surface area contributed by atoms with E-state index in [1.165, 1.54) is 6.42 Å². The third-order valence-electron chi connectivity index (χ3n) is 3.57. The van der Waals surface area contributed by atoms with Crippen LogP contribution < -0.4 is 10.6 Å². The van der Waals surface area contributed by atoms with Crippen molar-refractivity contribution in [2.75, 3.05) is 31.6 Å². The zero-order valence-corrected chi connectivity index (χ0v) is 10.8. The number of aromatic nitrogens is 1. The molecule has 0 radical (unpaired) electrons. The number of pyridine rings is 1. The van der Waals surface area contributed by atoms with Crippen molar-refractivity contribution in [1.82, 2.24) is 9.88 Å². The lowest BCUT2D eigenvalue weighted by Crippen LogP contribution is -2.51. The van der Waals surface area contributed by atoms with E-state index >= 15 is 0 Å². The van der Waals surface area contributed by atoms with Gasteiger partial charge in [0, 0.05) is 32.2 Å². The molecule has 4 nitrogen and oxygen atoms in total. The van der Waals surface area contributed by atoms with Gasteiger partial charge in [0.05, 0.1) is 5.69 Å². The fraction of sp³-hybridized carbons (Fsp3) is 0.615. The van der Waals surface area contributed by atoms with Crippen LogP contribution in [0.5, 0.6) is 0 Å². The van der Waals surface area contributed by atoms with Gasteiger partial charge in [-0.05, 0) is 25.6 Å². The summed E-state index contributed by atoms with van der Waals surface area (Å²) in [4.78, 5) is 9.39. The molecule has 0 bridgehead atoms. The Morgan fingerprint density at radius 2 is 2.24 bits per heavy atom. The zero-order valence-electron chi connectivity index (χ0n) is 10.8. The highest BCUT2D eigenvalue weighted by atomic mass is 15.3. The third kappa shape index (κ3) is 2.76. The molecular weight excluding hydrogens is 212 g/mol. The normalized spacial score (nSPS) is 21.8. The van der Waals surface area contributed by atoms with Gasteiger partial charge in [-0.25, -0.2) is 4.98 Å². The fourth-order valence-corrected chi connectivity index (χ4v) is 2.35. The van der Waals surface area contributed by atoms with Crippen LogP contribution >= 0.6 is 0 Å². The molecule has 1 aromatic heterocycles. The Labute approximate surface area is 103 Å². The van der Waals surface area contributed by atoms with Crippen LogP contribution in [0.3, 0.4) is 0 Å². The molecule has 2 rings (SSSR count). The van der Waals surface area contributed by atoms with Gasteiger partial charge in [0.1, 0.15) is 5.82 Å². The van der Waals surface area contributed by atoms with Crippen LogP contribution in [0.4, 0.5) is 5.82 Å². The molecule has 2 heterocycles. The summed E-state index contributed by atoms with van der Waals surface area (Å²) in [5.74, 6) is 1.07. The van der Waals surface area contributed by atoms with Crippen LogP contribution in [0.1, 0.15) is 19.0 Å². The number of anilines is 1. The van der Waals surface area contributed by atoms with E-state index in [4.69, 9.17) is 5.73 Å². The smallest absolute Gasteiger partial charge is 0.128 e. The molecule has 1 aliphatic rings. The molecule has 0 spiro atoms. The Morgan fingerprint density at radius 3 is 2.94 bits per heavy atom. The van der Waals surface area contributed by atoms with Crippen molar-refractivity contribution in [1.29, 1.82) is 0 Å². The van der Waals surface area contributed by atoms with E-state index in [1.807, 2.05) is 12.1 Å². The van der Waals surface area contributed by atoms with E-state index < -0.39 is 0 Å². The number of hydrogen-bond acceptors (Lipinski definition) is 4. The fourth-order valence-electron chi connectivity index (χ4n) is 2.35. The Bertz CT molecular complexity index is 366. The second-order valence-electron chi connectivity index (χ2n) is 4.68. The van der Waals surface area contributed by atoms with Crippen molar-refractivity contribution in [3.05, 3.63) is 23.9 Å². The molecule has 0 amide bonds. The van der Waals surface area contributed by atoms with Gasteiger partial charge in [0.2, 0.25) is 0 Å². The van der Waals surface area contributed by atoms with Gasteiger partial charge < -0.3 is 10.6 Å². The summed E-state index contributed by atoms with van der Waals surface area (Å²) in [5.41, 5.74) is 6.60. The number of nitrogens with zero attached hydrogens (tertiary/aromatic N) is 3. The third-order valence-corrected chi connectivity index (χ3v) is 3.57. The summed E-state index contributed by atoms with van der Waals surface area (Å²) < 4.78 is 0. The first-order valence-electron chi connectivity index (χ1n) is 6.35. The van der Waals surface area contributed by atoms with Crippen LogP contribution in [0.25, 0.3) is 0 Å². The highest BCUT2D eigenvalue weighted by Gasteiger charge is 2.23. The Hall–Kier alpha value is -1.13. The summed E-state index contributed by atoms with van der Waals surface area (Å²) in [6.45, 7) is 5.97. The number of piperazine rings is 1. The maximum absolute atomic E-state index is 5.63. The van der Waals surface area contributed by atoms with Crippen LogP contribution in [0.15, 0.2) is 18.2 Å². The molecule has 0 aromatic carbocycles. The molecule has 1 aromatic rings. The Kier molecular flexibility index (Phi) is 3.97. The van der Waals surface area contributed by atoms with Crippen LogP contribution in [-0.4, -0.2) is 42.6 Å². The number of nitrogens with two attached hydrogens (primary N) is 1. The Morgan fingerprint density at radius 1 is 1.41 bits per heavy atom. The number of hydrogen-bond donors (Lipinski definition) is 1. The van der Waals surface area contributed by atoms with Gasteiger partial charge in [0.25, 0.3) is 0 Å². The molecule has 1 fully saturated rings. The lowest BCUT2D eigenvalue weighted by molar-refractivity contribution is 0.213. The molecule has 1 aliphatic heterocycles. The minimum absolute atomic E-state index is 0.513. The summed E-state index contributed by atoms with van der Waals surface area (Å²) in [7, 11) is 2.20. The molecule has 1 atom stereocenters. The first kappa shape index (κ1) is 12.3. The molecule has 94 valence electrons. The maximum atomic E-state index is 5.63. The summed E-state index contributed by atoms with van der Waals surface area (Å²) >= 11 is 0. The van der Waals surface area contributed by atoms with Crippen molar-refractivity contribution in [3.8, 4) is 0 Å². The van der Waals surface area contributed by atoms with Crippen molar-refractivity contribution < 1.29 is 0 Å². The minimum Gasteiger partial charge on any atom is -0.354 e. The van der Waals surface area contributed by atoms with E-state index in [9.17, 15) is 0 Å². The molecule has 2 N–H and O–H groups in total. The van der Waals surface area contributed by atoms with E-state index in [0.29, 0.717) is 12.6 Å². The van der Waals surface area contributed by atoms with E-state index in [2.05, 4.69) is 34.8 Å². The van der Waals surface area contributed by atoms with Gasteiger partial charge in [0.15, 0.2) is 0 Å². The second kappa shape index (κ2) is 5.47. The highest BCUT2D eigenvalue weighted by Crippen LogP contribution is 2.17. The average Bonchev–Trinajstić information content (AvgIpc) is 2.39. The summed E-state index contributed by atoms with van der Waals surface area (Å²) in [6.07, 6.45) is 1.18. The summed E-state index contributed by atoms with van der Waals surface area (Å²) in [6, 6.07) is 6.74. The molecule has 0 aliphatic carbocycles. The average molecular weight is 234 g/mol. The topological polar surface area (TPSA) is 45.4 Å². The maximum Gasteiger partial charge on any atom is 0.128 e. The molecule has 1 unspecified atom stereocenters. The molecular formula is C13H22N4. The lowest BCUT2D eigenvalue weighted by Gasteiger charge is -2.39. The van der Waals surface area contributed by atoms with Gasteiger partial charge in [-0.15, -0.1) is 0 Å².